The van der Waals surface area contributed by atoms with Gasteiger partial charge in [0.2, 0.25) is 0 Å². The molecule has 1 aromatic rings. The Morgan fingerprint density at radius 2 is 1.83 bits per heavy atom. The van der Waals surface area contributed by atoms with Crippen molar-refractivity contribution in [3.8, 4) is 0 Å². The second kappa shape index (κ2) is 9.46. The fourth-order valence-electron chi connectivity index (χ4n) is 4.07. The topological polar surface area (TPSA) is 24.5 Å². The molecule has 162 valence electrons. The Kier molecular flexibility index (Phi) is 7.42. The largest absolute Gasteiger partial charge is 0.416 e. The molecule has 0 bridgehead atoms. The minimum absolute atomic E-state index is 0.303. The van der Waals surface area contributed by atoms with Gasteiger partial charge in [0.05, 0.1) is 0 Å². The average molecular weight is 415 g/mol. The molecule has 1 aliphatic carbocycles. The van der Waals surface area contributed by atoms with Crippen LogP contribution >= 0.6 is 0 Å². The third-order valence-electron chi connectivity index (χ3n) is 7.28. The molecule has 2 aliphatic rings. The van der Waals surface area contributed by atoms with E-state index >= 15 is 0 Å². The highest BCUT2D eigenvalue weighted by molar-refractivity contribution is 6.74. The van der Waals surface area contributed by atoms with Crippen LogP contribution in [0.2, 0.25) is 18.1 Å². The van der Waals surface area contributed by atoms with Crippen molar-refractivity contribution < 1.29 is 4.43 Å². The minimum atomic E-state index is -1.61. The molecule has 29 heavy (non-hydrogen) atoms. The Balaban J connectivity index is 1.34. The van der Waals surface area contributed by atoms with Crippen LogP contribution in [0.15, 0.2) is 35.9 Å². The van der Waals surface area contributed by atoms with Crippen LogP contribution in [0.4, 0.5) is 0 Å². The Labute approximate surface area is 180 Å². The highest BCUT2D eigenvalue weighted by Gasteiger charge is 2.40. The van der Waals surface area contributed by atoms with Gasteiger partial charge in [0.1, 0.15) is 0 Å². The van der Waals surface area contributed by atoms with E-state index in [1.165, 1.54) is 43.5 Å². The van der Waals surface area contributed by atoms with E-state index in [0.29, 0.717) is 17.1 Å². The number of hydrogen-bond acceptors (Lipinski definition) is 3. The van der Waals surface area contributed by atoms with Crippen LogP contribution in [0.5, 0.6) is 0 Å². The molecule has 2 atom stereocenters. The monoisotopic (exact) mass is 414 g/mol. The van der Waals surface area contributed by atoms with Gasteiger partial charge in [-0.15, -0.1) is 0 Å². The summed E-state index contributed by atoms with van der Waals surface area (Å²) in [6.07, 6.45) is 6.20. The summed E-state index contributed by atoms with van der Waals surface area (Å²) in [5, 5.41) is 4.24. The molecule has 3 rings (SSSR count). The Hall–Kier alpha value is -0.943. The van der Waals surface area contributed by atoms with E-state index in [0.717, 1.165) is 19.1 Å². The van der Waals surface area contributed by atoms with Crippen LogP contribution in [-0.4, -0.2) is 51.5 Å². The first kappa shape index (κ1) is 22.7. The molecule has 1 aliphatic heterocycles. The van der Waals surface area contributed by atoms with Crippen molar-refractivity contribution in [2.45, 2.75) is 77.2 Å². The van der Waals surface area contributed by atoms with Crippen molar-refractivity contribution in [2.24, 2.45) is 5.92 Å². The normalized spacial score (nSPS) is 24.7. The van der Waals surface area contributed by atoms with E-state index in [1.807, 2.05) is 0 Å². The van der Waals surface area contributed by atoms with Crippen molar-refractivity contribution in [1.82, 2.24) is 10.2 Å². The first-order valence-corrected chi connectivity index (χ1v) is 14.4. The van der Waals surface area contributed by atoms with Crippen LogP contribution in [-0.2, 0) is 4.43 Å². The molecular weight excluding hydrogens is 372 g/mol. The molecule has 0 spiro atoms. The smallest absolute Gasteiger partial charge is 0.192 e. The van der Waals surface area contributed by atoms with E-state index in [2.05, 4.69) is 87.4 Å². The van der Waals surface area contributed by atoms with Gasteiger partial charge in [-0.3, -0.25) is 0 Å². The first-order valence-electron chi connectivity index (χ1n) is 11.5. The van der Waals surface area contributed by atoms with Gasteiger partial charge in [0.25, 0.3) is 0 Å². The van der Waals surface area contributed by atoms with Gasteiger partial charge >= 0.3 is 0 Å². The first-order chi connectivity index (χ1) is 13.7. The molecule has 1 aromatic carbocycles. The highest BCUT2D eigenvalue weighted by atomic mass is 28.4. The average Bonchev–Trinajstić information content (AvgIpc) is 3.42. The number of benzene rings is 1. The molecule has 1 heterocycles. The zero-order chi connectivity index (χ0) is 21.1. The predicted molar refractivity (Wildman–Crippen MR) is 128 cm³/mol. The molecule has 1 N–H and O–H groups in total. The zero-order valence-electron chi connectivity index (χ0n) is 19.5. The molecule has 0 aromatic heterocycles. The van der Waals surface area contributed by atoms with Crippen molar-refractivity contribution >= 4 is 14.4 Å². The van der Waals surface area contributed by atoms with Crippen LogP contribution in [0, 0.1) is 5.92 Å². The lowest BCUT2D eigenvalue weighted by molar-refractivity contribution is 0.158. The van der Waals surface area contributed by atoms with Gasteiger partial charge < -0.3 is 14.6 Å². The van der Waals surface area contributed by atoms with Crippen LogP contribution in [0.1, 0.15) is 52.5 Å². The summed E-state index contributed by atoms with van der Waals surface area (Å²) < 4.78 is 6.36. The summed E-state index contributed by atoms with van der Waals surface area (Å²) in [5.41, 5.74) is 2.85. The number of rotatable bonds is 8. The van der Waals surface area contributed by atoms with Gasteiger partial charge in [-0.2, -0.15) is 0 Å². The third kappa shape index (κ3) is 6.52. The maximum atomic E-state index is 6.36. The van der Waals surface area contributed by atoms with Gasteiger partial charge in [-0.05, 0) is 68.9 Å². The van der Waals surface area contributed by atoms with Gasteiger partial charge in [0.15, 0.2) is 8.32 Å². The molecule has 3 nitrogen and oxygen atoms in total. The second-order valence-electron chi connectivity index (χ2n) is 10.6. The number of hydrogen-bond donors (Lipinski definition) is 1. The van der Waals surface area contributed by atoms with E-state index in [1.54, 1.807) is 0 Å². The summed E-state index contributed by atoms with van der Waals surface area (Å²) in [6, 6.07) is 12.1. The number of nitrogens with zero attached hydrogens (tertiary/aromatic N) is 1. The molecule has 1 saturated carbocycles. The molecule has 2 fully saturated rings. The summed E-state index contributed by atoms with van der Waals surface area (Å²) in [4.78, 5) is 2.59. The van der Waals surface area contributed by atoms with Gasteiger partial charge in [-0.1, -0.05) is 62.8 Å². The fraction of sp³-hybridized carbons (Fsp3) is 0.680. The van der Waals surface area contributed by atoms with E-state index in [-0.39, 0.29) is 0 Å². The van der Waals surface area contributed by atoms with E-state index in [4.69, 9.17) is 4.43 Å². The standard InChI is InChI=1S/C25H42N2OSi/c1-20(18-21-10-8-7-9-11-21)23-19-24(23)26-22-12-14-27(15-13-22)16-17-28-29(5,6)25(2,3)4/h7-11,18,22-24,26H,12-17,19H2,1-6H3/t23-,24+/m0/s1. The Bertz CT molecular complexity index is 672. The van der Waals surface area contributed by atoms with Crippen LogP contribution in [0.3, 0.4) is 0 Å². The van der Waals surface area contributed by atoms with Crippen molar-refractivity contribution in [2.75, 3.05) is 26.2 Å². The maximum Gasteiger partial charge on any atom is 0.192 e. The zero-order valence-corrected chi connectivity index (χ0v) is 20.5. The van der Waals surface area contributed by atoms with E-state index < -0.39 is 8.32 Å². The second-order valence-corrected chi connectivity index (χ2v) is 15.4. The van der Waals surface area contributed by atoms with Crippen molar-refractivity contribution in [3.63, 3.8) is 0 Å². The molecule has 0 amide bonds. The summed E-state index contributed by atoms with van der Waals surface area (Å²) >= 11 is 0. The van der Waals surface area contributed by atoms with Crippen molar-refractivity contribution in [3.05, 3.63) is 41.5 Å². The quantitative estimate of drug-likeness (QED) is 0.564. The minimum Gasteiger partial charge on any atom is -0.416 e. The summed E-state index contributed by atoms with van der Waals surface area (Å²) in [5.74, 6) is 0.728. The van der Waals surface area contributed by atoms with Crippen LogP contribution in [0.25, 0.3) is 6.08 Å². The Morgan fingerprint density at radius 1 is 1.17 bits per heavy atom. The summed E-state index contributed by atoms with van der Waals surface area (Å²) in [7, 11) is -1.61. The molecule has 0 unspecified atom stereocenters. The van der Waals surface area contributed by atoms with Gasteiger partial charge in [0, 0.05) is 25.2 Å². The predicted octanol–water partition coefficient (Wildman–Crippen LogP) is 5.55. The van der Waals surface area contributed by atoms with Crippen LogP contribution < -0.4 is 5.32 Å². The molecular formula is C25H42N2OSi. The summed E-state index contributed by atoms with van der Waals surface area (Å²) in [6.45, 7) is 18.3. The lowest BCUT2D eigenvalue weighted by atomic mass is 10.0. The Morgan fingerprint density at radius 3 is 2.45 bits per heavy atom. The maximum absolute atomic E-state index is 6.36. The number of piperidine rings is 1. The fourth-order valence-corrected chi connectivity index (χ4v) is 5.11. The van der Waals surface area contributed by atoms with Crippen molar-refractivity contribution in [1.29, 1.82) is 0 Å². The molecule has 0 radical (unpaired) electrons. The number of nitrogens with one attached hydrogen (secondary N) is 1. The SMILES string of the molecule is CC(=Cc1ccccc1)[C@@H]1C[C@H]1NC1CCN(CCO[Si](C)(C)C(C)(C)C)CC1. The van der Waals surface area contributed by atoms with Gasteiger partial charge in [-0.25, -0.2) is 0 Å². The highest BCUT2D eigenvalue weighted by Crippen LogP contribution is 2.39. The lowest BCUT2D eigenvalue weighted by Crippen LogP contribution is -2.46. The van der Waals surface area contributed by atoms with E-state index in [9.17, 15) is 0 Å². The third-order valence-corrected chi connectivity index (χ3v) is 11.8. The molecule has 1 saturated heterocycles. The lowest BCUT2D eigenvalue weighted by Gasteiger charge is -2.38. The number of likely N-dealkylation sites (tertiary alicyclic amines) is 1. The molecule has 4 heteroatoms.